The highest BCUT2D eigenvalue weighted by atomic mass is 35.5. The van der Waals surface area contributed by atoms with Gasteiger partial charge in [-0.1, -0.05) is 53.5 Å². The predicted octanol–water partition coefficient (Wildman–Crippen LogP) is 6.00. The van der Waals surface area contributed by atoms with Gasteiger partial charge in [-0.05, 0) is 29.3 Å². The number of fused-ring (bicyclic) bond motifs is 2. The van der Waals surface area contributed by atoms with Gasteiger partial charge in [0.05, 0.1) is 23.5 Å². The topological polar surface area (TPSA) is 80.5 Å². The Morgan fingerprint density at radius 1 is 1.24 bits per heavy atom. The highest BCUT2D eigenvalue weighted by Crippen LogP contribution is 2.39. The Morgan fingerprint density at radius 2 is 2.03 bits per heavy atom. The smallest absolute Gasteiger partial charge is 0.268 e. The lowest BCUT2D eigenvalue weighted by atomic mass is 10.0. The molecule has 0 fully saturated rings. The van der Waals surface area contributed by atoms with Crippen LogP contribution in [0.1, 0.15) is 26.5 Å². The van der Waals surface area contributed by atoms with Crippen molar-refractivity contribution < 1.29 is 9.53 Å². The zero-order valence-electron chi connectivity index (χ0n) is 18.4. The summed E-state index contributed by atoms with van der Waals surface area (Å²) in [5.74, 6) is -0.0213. The van der Waals surface area contributed by atoms with Crippen molar-refractivity contribution in [3.8, 4) is 5.75 Å². The number of nitrogens with two attached hydrogens (primary N) is 1. The van der Waals surface area contributed by atoms with E-state index in [2.05, 4.69) is 40.5 Å². The van der Waals surface area contributed by atoms with Crippen LogP contribution in [0.25, 0.3) is 10.2 Å². The van der Waals surface area contributed by atoms with Crippen LogP contribution in [0.15, 0.2) is 48.5 Å². The second-order valence-corrected chi connectivity index (χ2v) is 10.0. The average Bonchev–Trinajstić information content (AvgIpc) is 3.13. The number of methoxy groups -OCH3 is 1. The van der Waals surface area contributed by atoms with Gasteiger partial charge in [0, 0.05) is 42.2 Å². The number of pyridine rings is 1. The number of anilines is 2. The van der Waals surface area contributed by atoms with Gasteiger partial charge in [-0.25, -0.2) is 4.98 Å². The monoisotopic (exact) mass is 512 g/mol. The van der Waals surface area contributed by atoms with E-state index in [9.17, 15) is 4.79 Å². The van der Waals surface area contributed by atoms with E-state index < -0.39 is 0 Å². The minimum absolute atomic E-state index is 0.309. The van der Waals surface area contributed by atoms with Crippen LogP contribution in [0, 0.1) is 0 Å². The van der Waals surface area contributed by atoms with Gasteiger partial charge in [-0.15, -0.1) is 11.3 Å². The summed E-state index contributed by atoms with van der Waals surface area (Å²) in [4.78, 5) is 21.5. The van der Waals surface area contributed by atoms with Crippen molar-refractivity contribution in [3.63, 3.8) is 0 Å². The largest absolute Gasteiger partial charge is 0.493 e. The van der Waals surface area contributed by atoms with Crippen molar-refractivity contribution in [2.24, 2.45) is 0 Å². The minimum atomic E-state index is -0.360. The maximum atomic E-state index is 13.1. The second-order valence-electron chi connectivity index (χ2n) is 8.16. The minimum Gasteiger partial charge on any atom is -0.493 e. The van der Waals surface area contributed by atoms with Crippen LogP contribution in [0.4, 0.5) is 11.4 Å². The molecule has 0 spiro atoms. The number of hydrogen-bond acceptors (Lipinski definition) is 6. The van der Waals surface area contributed by atoms with Crippen molar-refractivity contribution in [2.45, 2.75) is 19.5 Å². The second kappa shape index (κ2) is 9.43. The number of carbonyl (C=O) groups is 1. The Morgan fingerprint density at radius 3 is 2.79 bits per heavy atom. The Hall–Kier alpha value is -2.84. The number of halogens is 2. The number of carbonyl (C=O) groups excluding carboxylic acids is 1. The number of hydrogen-bond donors (Lipinski definition) is 2. The molecule has 0 atom stereocenters. The van der Waals surface area contributed by atoms with Crippen LogP contribution in [0.3, 0.4) is 0 Å². The van der Waals surface area contributed by atoms with E-state index in [1.54, 1.807) is 12.1 Å². The fraction of sp³-hybridized carbons (Fsp3) is 0.200. The lowest BCUT2D eigenvalue weighted by Crippen LogP contribution is -2.30. The lowest BCUT2D eigenvalue weighted by Gasteiger charge is -2.28. The van der Waals surface area contributed by atoms with E-state index in [4.69, 9.17) is 38.7 Å². The number of amides is 1. The van der Waals surface area contributed by atoms with Gasteiger partial charge in [0.2, 0.25) is 0 Å². The summed E-state index contributed by atoms with van der Waals surface area (Å²) in [6, 6.07) is 15.6. The van der Waals surface area contributed by atoms with E-state index in [1.807, 2.05) is 6.07 Å². The van der Waals surface area contributed by atoms with Crippen LogP contribution < -0.4 is 15.8 Å². The molecule has 0 saturated carbocycles. The van der Waals surface area contributed by atoms with E-state index in [0.29, 0.717) is 32.0 Å². The fourth-order valence-corrected chi connectivity index (χ4v) is 5.80. The Balaban J connectivity index is 1.42. The molecule has 4 aromatic rings. The molecule has 0 bridgehead atoms. The van der Waals surface area contributed by atoms with Crippen LogP contribution in [0.2, 0.25) is 10.0 Å². The van der Waals surface area contributed by atoms with E-state index in [-0.39, 0.29) is 5.91 Å². The van der Waals surface area contributed by atoms with E-state index in [1.165, 1.54) is 24.0 Å². The first-order valence-electron chi connectivity index (χ1n) is 10.7. The molecule has 0 aliphatic carbocycles. The number of thiophene rings is 1. The van der Waals surface area contributed by atoms with Gasteiger partial charge in [-0.2, -0.15) is 0 Å². The number of benzene rings is 2. The quantitative estimate of drug-likeness (QED) is 0.342. The third kappa shape index (κ3) is 4.44. The number of rotatable bonds is 5. The zero-order chi connectivity index (χ0) is 23.8. The van der Waals surface area contributed by atoms with Gasteiger partial charge < -0.3 is 15.8 Å². The first-order chi connectivity index (χ1) is 16.4. The first-order valence-corrected chi connectivity index (χ1v) is 12.3. The standard InChI is InChI=1S/C25H22Cl2N4O2S/c1-33-22-18(27)10-16(26)11-20(22)29-24(32)23-21(28)17-9-15-13-31(12-14-5-3-2-4-6-14)8-7-19(15)30-25(17)34-23/h2-6,9-11H,7-8,12-13,28H2,1H3,(H,29,32). The maximum absolute atomic E-state index is 13.1. The highest BCUT2D eigenvalue weighted by molar-refractivity contribution is 7.21. The fourth-order valence-electron chi connectivity index (χ4n) is 4.24. The summed E-state index contributed by atoms with van der Waals surface area (Å²) >= 11 is 13.6. The molecule has 174 valence electrons. The van der Waals surface area contributed by atoms with Crippen molar-refractivity contribution in [1.82, 2.24) is 9.88 Å². The molecular weight excluding hydrogens is 491 g/mol. The molecule has 3 N–H and O–H groups in total. The molecule has 0 saturated heterocycles. The zero-order valence-corrected chi connectivity index (χ0v) is 20.7. The van der Waals surface area contributed by atoms with E-state index in [0.717, 1.165) is 47.5 Å². The molecule has 0 unspecified atom stereocenters. The molecule has 2 aromatic heterocycles. The summed E-state index contributed by atoms with van der Waals surface area (Å²) in [5, 5.41) is 4.32. The van der Waals surface area contributed by atoms with Gasteiger partial charge >= 0.3 is 0 Å². The molecule has 1 aliphatic rings. The maximum Gasteiger partial charge on any atom is 0.268 e. The van der Waals surface area contributed by atoms with Crippen molar-refractivity contribution in [3.05, 3.63) is 80.3 Å². The average molecular weight is 513 g/mol. The van der Waals surface area contributed by atoms with Crippen molar-refractivity contribution in [2.75, 3.05) is 24.7 Å². The molecule has 1 amide bonds. The molecule has 9 heteroatoms. The molecule has 0 radical (unpaired) electrons. The molecule has 1 aliphatic heterocycles. The first kappa shape index (κ1) is 22.9. The molecule has 3 heterocycles. The highest BCUT2D eigenvalue weighted by Gasteiger charge is 2.24. The van der Waals surface area contributed by atoms with Gasteiger partial charge in [0.15, 0.2) is 5.75 Å². The number of nitrogens with one attached hydrogen (secondary N) is 1. The van der Waals surface area contributed by atoms with E-state index >= 15 is 0 Å². The summed E-state index contributed by atoms with van der Waals surface area (Å²) in [7, 11) is 1.48. The molecular formula is C25H22Cl2N4O2S. The summed E-state index contributed by atoms with van der Waals surface area (Å²) in [6.45, 7) is 2.61. The van der Waals surface area contributed by atoms with Gasteiger partial charge in [0.1, 0.15) is 9.71 Å². The number of ether oxygens (including phenoxy) is 1. The van der Waals surface area contributed by atoms with Gasteiger partial charge in [-0.3, -0.25) is 9.69 Å². The van der Waals surface area contributed by atoms with Crippen molar-refractivity contribution in [1.29, 1.82) is 0 Å². The Kier molecular flexibility index (Phi) is 6.36. The molecule has 6 nitrogen and oxygen atoms in total. The number of aromatic nitrogens is 1. The Labute approximate surface area is 211 Å². The van der Waals surface area contributed by atoms with Crippen LogP contribution in [0.5, 0.6) is 5.75 Å². The molecule has 5 rings (SSSR count). The number of nitrogen functional groups attached to an aromatic ring is 1. The molecule has 34 heavy (non-hydrogen) atoms. The van der Waals surface area contributed by atoms with Crippen LogP contribution in [-0.4, -0.2) is 29.4 Å². The number of nitrogens with zero attached hydrogens (tertiary/aromatic N) is 2. The summed E-state index contributed by atoms with van der Waals surface area (Å²) < 4.78 is 5.33. The third-order valence-corrected chi connectivity index (χ3v) is 7.48. The van der Waals surface area contributed by atoms with Crippen LogP contribution in [-0.2, 0) is 19.5 Å². The molecule has 2 aromatic carbocycles. The van der Waals surface area contributed by atoms with Crippen molar-refractivity contribution >= 4 is 62.0 Å². The normalized spacial score (nSPS) is 13.6. The Bertz CT molecular complexity index is 1390. The summed E-state index contributed by atoms with van der Waals surface area (Å²) in [5.41, 5.74) is 10.7. The predicted molar refractivity (Wildman–Crippen MR) is 139 cm³/mol. The third-order valence-electron chi connectivity index (χ3n) is 5.86. The lowest BCUT2D eigenvalue weighted by molar-refractivity contribution is 0.103. The van der Waals surface area contributed by atoms with Crippen LogP contribution >= 0.6 is 34.5 Å². The summed E-state index contributed by atoms with van der Waals surface area (Å²) in [6.07, 6.45) is 0.857. The van der Waals surface area contributed by atoms with Gasteiger partial charge in [0.25, 0.3) is 5.91 Å². The SMILES string of the molecule is COc1c(Cl)cc(Cl)cc1NC(=O)c1sc2nc3c(cc2c1N)CN(Cc1ccccc1)CC3.